The fraction of sp³-hybridized carbons (Fsp3) is 0.424. The van der Waals surface area contributed by atoms with Crippen LogP contribution >= 0.6 is 0 Å². The Bertz CT molecular complexity index is 1390. The molecule has 2 saturated heterocycles. The van der Waals surface area contributed by atoms with Gasteiger partial charge in [-0.25, -0.2) is 0 Å². The zero-order chi connectivity index (χ0) is 28.9. The van der Waals surface area contributed by atoms with Crippen LogP contribution in [0.25, 0.3) is 0 Å². The van der Waals surface area contributed by atoms with Crippen molar-refractivity contribution in [3.8, 4) is 0 Å². The molecule has 0 aromatic heterocycles. The van der Waals surface area contributed by atoms with Crippen molar-refractivity contribution < 1.29 is 24.2 Å². The Hall–Kier alpha value is -3.75. The van der Waals surface area contributed by atoms with Crippen LogP contribution in [0.4, 0.5) is 5.69 Å². The number of aliphatic hydroxyl groups is 1. The summed E-state index contributed by atoms with van der Waals surface area (Å²) >= 11 is 0. The lowest BCUT2D eigenvalue weighted by molar-refractivity contribution is -0.156. The average Bonchev–Trinajstić information content (AvgIpc) is 3.27. The van der Waals surface area contributed by atoms with E-state index in [2.05, 4.69) is 0 Å². The van der Waals surface area contributed by atoms with Crippen molar-refractivity contribution in [3.63, 3.8) is 0 Å². The summed E-state index contributed by atoms with van der Waals surface area (Å²) in [6.07, 6.45) is 8.09. The van der Waals surface area contributed by atoms with E-state index in [9.17, 15) is 19.5 Å². The molecule has 1 unspecified atom stereocenters. The van der Waals surface area contributed by atoms with Crippen molar-refractivity contribution in [1.29, 1.82) is 0 Å². The van der Waals surface area contributed by atoms with Crippen LogP contribution in [0.1, 0.15) is 38.8 Å². The largest absolute Gasteiger partial charge is 0.394 e. The van der Waals surface area contributed by atoms with Crippen LogP contribution in [0.5, 0.6) is 0 Å². The van der Waals surface area contributed by atoms with Gasteiger partial charge in [-0.3, -0.25) is 14.4 Å². The van der Waals surface area contributed by atoms with Gasteiger partial charge in [0.1, 0.15) is 11.6 Å². The fourth-order valence-electron chi connectivity index (χ4n) is 7.39. The van der Waals surface area contributed by atoms with Crippen LogP contribution in [-0.2, 0) is 19.1 Å². The minimum Gasteiger partial charge on any atom is -0.394 e. The molecular formula is C33H37N3O5. The Morgan fingerprint density at radius 3 is 2.17 bits per heavy atom. The molecule has 1 N–H and O–H groups in total. The highest BCUT2D eigenvalue weighted by Crippen LogP contribution is 2.60. The minimum absolute atomic E-state index is 0.121. The standard InChI is InChI=1S/C33H37N3O5/c1-4-32-17-11-20-35(24-15-9-6-10-16-24)29(38)26(32)27-30(39)36(25(21-37)23-13-7-5-8-14-23)28-31(40)34(22(2)3)19-12-18-33(27,28)41-32/h5-18,22,25-28,37H,4,19-21H2,1-3H3/t25-,26+,27+,28?,32-,33+/m1/s1. The third-order valence-corrected chi connectivity index (χ3v) is 9.29. The number of ether oxygens (including phenoxy) is 1. The molecule has 1 spiro atoms. The summed E-state index contributed by atoms with van der Waals surface area (Å²) in [5.74, 6) is -2.60. The third kappa shape index (κ3) is 3.99. The normalized spacial score (nSPS) is 31.7. The molecule has 2 fully saturated rings. The summed E-state index contributed by atoms with van der Waals surface area (Å²) in [7, 11) is 0. The van der Waals surface area contributed by atoms with Gasteiger partial charge in [0.05, 0.1) is 30.1 Å². The van der Waals surface area contributed by atoms with Gasteiger partial charge < -0.3 is 24.5 Å². The van der Waals surface area contributed by atoms with E-state index in [-0.39, 0.29) is 30.4 Å². The lowest BCUT2D eigenvalue weighted by Gasteiger charge is -2.41. The highest BCUT2D eigenvalue weighted by molar-refractivity contribution is 6.04. The first-order chi connectivity index (χ1) is 19.8. The maximum atomic E-state index is 14.8. The summed E-state index contributed by atoms with van der Waals surface area (Å²) in [4.78, 5) is 48.8. The molecule has 4 aliphatic heterocycles. The molecule has 3 amide bonds. The minimum atomic E-state index is -1.37. The van der Waals surface area contributed by atoms with Gasteiger partial charge in [0.25, 0.3) is 0 Å². The molecule has 8 heteroatoms. The first kappa shape index (κ1) is 27.4. The van der Waals surface area contributed by atoms with E-state index in [1.54, 1.807) is 9.80 Å². The summed E-state index contributed by atoms with van der Waals surface area (Å²) in [5, 5.41) is 10.7. The van der Waals surface area contributed by atoms with Gasteiger partial charge in [-0.05, 0) is 38.0 Å². The van der Waals surface area contributed by atoms with Crippen LogP contribution in [0.3, 0.4) is 0 Å². The second-order valence-electron chi connectivity index (χ2n) is 11.7. The molecule has 41 heavy (non-hydrogen) atoms. The third-order valence-electron chi connectivity index (χ3n) is 9.29. The van der Waals surface area contributed by atoms with E-state index in [1.165, 1.54) is 4.90 Å². The molecule has 4 heterocycles. The Labute approximate surface area is 240 Å². The summed E-state index contributed by atoms with van der Waals surface area (Å²) in [5.41, 5.74) is -0.981. The van der Waals surface area contributed by atoms with Crippen molar-refractivity contribution >= 4 is 23.4 Å². The zero-order valence-corrected chi connectivity index (χ0v) is 23.7. The number of amides is 3. The molecule has 214 valence electrons. The summed E-state index contributed by atoms with van der Waals surface area (Å²) in [6, 6.07) is 16.8. The number of benzene rings is 2. The molecule has 8 nitrogen and oxygen atoms in total. The molecule has 6 atom stereocenters. The van der Waals surface area contributed by atoms with Crippen LogP contribution in [-0.4, -0.2) is 75.6 Å². The van der Waals surface area contributed by atoms with Crippen LogP contribution in [0.15, 0.2) is 85.0 Å². The number of nitrogens with zero attached hydrogens (tertiary/aromatic N) is 3. The van der Waals surface area contributed by atoms with Crippen molar-refractivity contribution in [2.24, 2.45) is 11.8 Å². The van der Waals surface area contributed by atoms with Crippen molar-refractivity contribution in [3.05, 3.63) is 90.5 Å². The molecule has 6 rings (SSSR count). The van der Waals surface area contributed by atoms with Crippen LogP contribution in [0.2, 0.25) is 0 Å². The van der Waals surface area contributed by atoms with E-state index in [0.717, 1.165) is 11.3 Å². The molecule has 0 aliphatic carbocycles. The summed E-state index contributed by atoms with van der Waals surface area (Å²) in [6.45, 7) is 6.19. The first-order valence-corrected chi connectivity index (χ1v) is 14.5. The van der Waals surface area contributed by atoms with Crippen molar-refractivity contribution in [2.45, 2.75) is 56.5 Å². The van der Waals surface area contributed by atoms with Gasteiger partial charge in [0.15, 0.2) is 0 Å². The number of likely N-dealkylation sites (tertiary alicyclic amines) is 1. The molecule has 4 aliphatic rings. The van der Waals surface area contributed by atoms with E-state index in [1.807, 2.05) is 106 Å². The Balaban J connectivity index is 1.55. The maximum absolute atomic E-state index is 14.8. The second-order valence-corrected chi connectivity index (χ2v) is 11.7. The molecule has 2 aromatic rings. The Kier molecular flexibility index (Phi) is 6.86. The Morgan fingerprint density at radius 1 is 0.878 bits per heavy atom. The number of anilines is 1. The predicted octanol–water partition coefficient (Wildman–Crippen LogP) is 3.49. The zero-order valence-electron chi connectivity index (χ0n) is 23.7. The highest BCUT2D eigenvalue weighted by atomic mass is 16.5. The number of carbonyl (C=O) groups excluding carboxylic acids is 3. The summed E-state index contributed by atoms with van der Waals surface area (Å²) < 4.78 is 7.05. The lowest BCUT2D eigenvalue weighted by Crippen LogP contribution is -2.58. The van der Waals surface area contributed by atoms with Gasteiger partial charge in [-0.15, -0.1) is 0 Å². The second kappa shape index (κ2) is 10.3. The number of aliphatic hydroxyl groups excluding tert-OH is 1. The quantitative estimate of drug-likeness (QED) is 0.552. The highest BCUT2D eigenvalue weighted by Gasteiger charge is 2.76. The predicted molar refractivity (Wildman–Crippen MR) is 155 cm³/mol. The number of rotatable bonds is 6. The lowest BCUT2D eigenvalue weighted by atomic mass is 9.73. The number of fused-ring (bicyclic) bond motifs is 2. The van der Waals surface area contributed by atoms with Gasteiger partial charge in [-0.2, -0.15) is 0 Å². The molecule has 0 saturated carbocycles. The van der Waals surface area contributed by atoms with Gasteiger partial charge in [-0.1, -0.05) is 79.8 Å². The van der Waals surface area contributed by atoms with Crippen LogP contribution in [0, 0.1) is 11.8 Å². The smallest absolute Gasteiger partial charge is 0.249 e. The number of hydrogen-bond donors (Lipinski definition) is 1. The molecule has 0 bridgehead atoms. The van der Waals surface area contributed by atoms with E-state index >= 15 is 0 Å². The van der Waals surface area contributed by atoms with Gasteiger partial charge >= 0.3 is 0 Å². The average molecular weight is 556 g/mol. The van der Waals surface area contributed by atoms with Gasteiger partial charge in [0.2, 0.25) is 17.7 Å². The number of carbonyl (C=O) groups is 3. The topological polar surface area (TPSA) is 90.4 Å². The SMILES string of the molecule is CC[C@@]12C=CCN(c3ccccc3)C(=O)[C@@H]1[C@H]1C(=O)N([C@H](CO)c3ccccc3)C3C(=O)N(C(C)C)CC=C[C@@]31O2. The van der Waals surface area contributed by atoms with Gasteiger partial charge in [0, 0.05) is 24.8 Å². The Morgan fingerprint density at radius 2 is 1.54 bits per heavy atom. The van der Waals surface area contributed by atoms with E-state index in [0.29, 0.717) is 19.5 Å². The fourth-order valence-corrected chi connectivity index (χ4v) is 7.39. The number of para-hydroxylation sites is 1. The molecule has 0 radical (unpaired) electrons. The first-order valence-electron chi connectivity index (χ1n) is 14.5. The van der Waals surface area contributed by atoms with Crippen molar-refractivity contribution in [2.75, 3.05) is 24.6 Å². The molecular weight excluding hydrogens is 518 g/mol. The van der Waals surface area contributed by atoms with Crippen molar-refractivity contribution in [1.82, 2.24) is 9.80 Å². The maximum Gasteiger partial charge on any atom is 0.249 e. The molecule has 2 aromatic carbocycles. The van der Waals surface area contributed by atoms with E-state index in [4.69, 9.17) is 4.74 Å². The van der Waals surface area contributed by atoms with E-state index < -0.39 is 35.1 Å². The van der Waals surface area contributed by atoms with Crippen LogP contribution < -0.4 is 4.90 Å². The monoisotopic (exact) mass is 555 g/mol. The number of hydrogen-bond acceptors (Lipinski definition) is 5.